The fraction of sp³-hybridized carbons (Fsp3) is 0.0800. The number of benzene rings is 3. The van der Waals surface area contributed by atoms with Crippen LogP contribution in [-0.2, 0) is 13.0 Å². The Morgan fingerprint density at radius 3 is 2.74 bits per heavy atom. The molecule has 170 valence electrons. The third kappa shape index (κ3) is 4.50. The summed E-state index contributed by atoms with van der Waals surface area (Å²) in [5, 5.41) is 11.8. The molecule has 0 aliphatic heterocycles. The second-order valence-electron chi connectivity index (χ2n) is 7.74. The maximum Gasteiger partial charge on any atom is 0.158 e. The van der Waals surface area contributed by atoms with E-state index in [0.717, 1.165) is 55.3 Å². The third-order valence-corrected chi connectivity index (χ3v) is 6.52. The Balaban J connectivity index is 0.00000241. The van der Waals surface area contributed by atoms with Crippen molar-refractivity contribution in [3.05, 3.63) is 93.4 Å². The molecule has 3 heterocycles. The molecule has 0 aliphatic carbocycles. The van der Waals surface area contributed by atoms with Gasteiger partial charge in [-0.05, 0) is 35.9 Å². The van der Waals surface area contributed by atoms with Gasteiger partial charge in [-0.1, -0.05) is 41.9 Å². The summed E-state index contributed by atoms with van der Waals surface area (Å²) in [6.07, 6.45) is 2.43. The lowest BCUT2D eigenvalue weighted by molar-refractivity contribution is 0.303. The van der Waals surface area contributed by atoms with E-state index in [0.29, 0.717) is 18.1 Å². The molecule has 0 amide bonds. The van der Waals surface area contributed by atoms with E-state index in [-0.39, 0.29) is 12.4 Å². The Morgan fingerprint density at radius 2 is 1.85 bits per heavy atom. The van der Waals surface area contributed by atoms with E-state index in [2.05, 4.69) is 15.2 Å². The predicted octanol–water partition coefficient (Wildman–Crippen LogP) is 6.81. The van der Waals surface area contributed by atoms with Crippen LogP contribution in [0.3, 0.4) is 0 Å². The topological polar surface area (TPSA) is 79.5 Å². The van der Waals surface area contributed by atoms with Gasteiger partial charge in [-0.2, -0.15) is 5.10 Å². The summed E-state index contributed by atoms with van der Waals surface area (Å²) in [7, 11) is 0. The van der Waals surface area contributed by atoms with Gasteiger partial charge >= 0.3 is 0 Å². The number of rotatable bonds is 6. The van der Waals surface area contributed by atoms with E-state index < -0.39 is 0 Å². The first-order valence-corrected chi connectivity index (χ1v) is 11.7. The van der Waals surface area contributed by atoms with E-state index in [1.165, 1.54) is 0 Å². The summed E-state index contributed by atoms with van der Waals surface area (Å²) in [6.45, 7) is 0.501. The van der Waals surface area contributed by atoms with Gasteiger partial charge in [0.05, 0.1) is 27.8 Å². The molecule has 0 spiro atoms. The van der Waals surface area contributed by atoms with Crippen LogP contribution in [0.2, 0.25) is 5.02 Å². The number of imidazole rings is 1. The van der Waals surface area contributed by atoms with Crippen molar-refractivity contribution in [2.45, 2.75) is 13.0 Å². The van der Waals surface area contributed by atoms with E-state index in [1.54, 1.807) is 17.5 Å². The fourth-order valence-electron chi connectivity index (χ4n) is 3.80. The molecular formula is C25H19Cl2N5OS. The molecule has 0 bridgehead atoms. The van der Waals surface area contributed by atoms with Crippen molar-refractivity contribution in [3.8, 4) is 17.3 Å². The summed E-state index contributed by atoms with van der Waals surface area (Å²) in [6, 6.07) is 19.9. The zero-order valence-electron chi connectivity index (χ0n) is 17.8. The highest BCUT2D eigenvalue weighted by Gasteiger charge is 2.13. The number of aromatic amines is 2. The van der Waals surface area contributed by atoms with Crippen molar-refractivity contribution >= 4 is 57.3 Å². The highest BCUT2D eigenvalue weighted by atomic mass is 35.5. The van der Waals surface area contributed by atoms with Crippen molar-refractivity contribution in [1.29, 1.82) is 0 Å². The maximum atomic E-state index is 6.29. The predicted molar refractivity (Wildman–Crippen MR) is 139 cm³/mol. The second-order valence-corrected chi connectivity index (χ2v) is 9.12. The molecular weight excluding hydrogens is 489 g/mol. The summed E-state index contributed by atoms with van der Waals surface area (Å²) < 4.78 is 6.10. The smallest absolute Gasteiger partial charge is 0.158 e. The number of aromatic nitrogens is 5. The summed E-state index contributed by atoms with van der Waals surface area (Å²) in [4.78, 5) is 12.9. The highest BCUT2D eigenvalue weighted by molar-refractivity contribution is 7.10. The number of hydrogen-bond acceptors (Lipinski definition) is 5. The van der Waals surface area contributed by atoms with Gasteiger partial charge in [0, 0.05) is 27.8 Å². The highest BCUT2D eigenvalue weighted by Crippen LogP contribution is 2.30. The van der Waals surface area contributed by atoms with Gasteiger partial charge in [0.25, 0.3) is 0 Å². The number of halogens is 2. The van der Waals surface area contributed by atoms with Crippen LogP contribution in [0.15, 0.2) is 72.2 Å². The molecule has 6 rings (SSSR count). The van der Waals surface area contributed by atoms with Crippen LogP contribution in [0.5, 0.6) is 5.75 Å². The first-order chi connectivity index (χ1) is 16.2. The van der Waals surface area contributed by atoms with Gasteiger partial charge in [0.1, 0.15) is 18.1 Å². The van der Waals surface area contributed by atoms with Crippen LogP contribution in [0.1, 0.15) is 16.1 Å². The number of ether oxygens (including phenoxy) is 1. The number of hydrogen-bond donors (Lipinski definition) is 2. The van der Waals surface area contributed by atoms with Gasteiger partial charge < -0.3 is 9.72 Å². The van der Waals surface area contributed by atoms with Crippen LogP contribution >= 0.6 is 35.3 Å². The fourth-order valence-corrected chi connectivity index (χ4v) is 4.79. The minimum Gasteiger partial charge on any atom is -0.489 e. The van der Waals surface area contributed by atoms with Crippen LogP contribution in [0.25, 0.3) is 33.5 Å². The number of nitrogens with one attached hydrogen (secondary N) is 2. The SMILES string of the molecule is Cl.Clc1ccc(OCc2ccccc2)c(Cc2nc(-c3nc4cc5[nH]ncc5cc4[nH]3)cs2)c1. The Morgan fingerprint density at radius 1 is 0.971 bits per heavy atom. The number of fused-ring (bicyclic) bond motifs is 2. The molecule has 0 radical (unpaired) electrons. The van der Waals surface area contributed by atoms with E-state index in [1.807, 2.05) is 66.0 Å². The van der Waals surface area contributed by atoms with Crippen molar-refractivity contribution in [1.82, 2.24) is 25.1 Å². The van der Waals surface area contributed by atoms with E-state index in [9.17, 15) is 0 Å². The van der Waals surface area contributed by atoms with Gasteiger partial charge in [0.15, 0.2) is 5.82 Å². The van der Waals surface area contributed by atoms with Gasteiger partial charge in [-0.3, -0.25) is 5.10 Å². The molecule has 3 aromatic carbocycles. The molecule has 6 aromatic rings. The van der Waals surface area contributed by atoms with Crippen molar-refractivity contribution in [3.63, 3.8) is 0 Å². The van der Waals surface area contributed by atoms with Gasteiger partial charge in [0.2, 0.25) is 0 Å². The Labute approximate surface area is 210 Å². The summed E-state index contributed by atoms with van der Waals surface area (Å²) >= 11 is 7.88. The molecule has 0 saturated heterocycles. The molecule has 2 N–H and O–H groups in total. The van der Waals surface area contributed by atoms with Gasteiger partial charge in [-0.25, -0.2) is 9.97 Å². The Bertz CT molecular complexity index is 1530. The van der Waals surface area contributed by atoms with Crippen molar-refractivity contribution < 1.29 is 4.74 Å². The standard InChI is InChI=1S/C25H18ClN5OS.ClH/c26-18-6-7-23(32-13-15-4-2-1-3-5-15)16(8-18)10-24-28-22(14-33-24)25-29-20-9-17-12-27-31-19(17)11-21(20)30-25;/h1-9,11-12,14H,10,13H2,(H,27,31)(H,29,30);1H. The molecule has 9 heteroatoms. The van der Waals surface area contributed by atoms with Crippen LogP contribution in [0, 0.1) is 0 Å². The second kappa shape index (κ2) is 9.46. The molecule has 6 nitrogen and oxygen atoms in total. The number of nitrogens with zero attached hydrogens (tertiary/aromatic N) is 3. The quantitative estimate of drug-likeness (QED) is 0.259. The average molecular weight is 508 g/mol. The minimum absolute atomic E-state index is 0. The summed E-state index contributed by atoms with van der Waals surface area (Å²) in [5.74, 6) is 1.56. The largest absolute Gasteiger partial charge is 0.489 e. The maximum absolute atomic E-state index is 6.29. The van der Waals surface area contributed by atoms with Crippen LogP contribution in [-0.4, -0.2) is 25.1 Å². The molecule has 34 heavy (non-hydrogen) atoms. The molecule has 3 aromatic heterocycles. The molecule has 0 saturated carbocycles. The molecule has 0 fully saturated rings. The summed E-state index contributed by atoms with van der Waals surface area (Å²) in [5.41, 5.74) is 5.74. The Kier molecular flexibility index (Phi) is 6.24. The Hall–Kier alpha value is -3.39. The average Bonchev–Trinajstić information content (AvgIpc) is 3.56. The lowest BCUT2D eigenvalue weighted by Crippen LogP contribution is -1.99. The van der Waals surface area contributed by atoms with Crippen molar-refractivity contribution in [2.75, 3.05) is 0 Å². The molecule has 0 atom stereocenters. The van der Waals surface area contributed by atoms with Crippen molar-refractivity contribution in [2.24, 2.45) is 0 Å². The monoisotopic (exact) mass is 507 g/mol. The first-order valence-electron chi connectivity index (χ1n) is 10.4. The lowest BCUT2D eigenvalue weighted by atomic mass is 10.1. The minimum atomic E-state index is 0. The zero-order chi connectivity index (χ0) is 22.2. The lowest BCUT2D eigenvalue weighted by Gasteiger charge is -2.11. The van der Waals surface area contributed by atoms with E-state index in [4.69, 9.17) is 26.3 Å². The van der Waals surface area contributed by atoms with E-state index >= 15 is 0 Å². The zero-order valence-corrected chi connectivity index (χ0v) is 20.2. The normalized spacial score (nSPS) is 11.1. The first kappa shape index (κ1) is 22.4. The van der Waals surface area contributed by atoms with Gasteiger partial charge in [-0.15, -0.1) is 23.7 Å². The number of H-pyrrole nitrogens is 2. The van der Waals surface area contributed by atoms with Crippen LogP contribution in [0.4, 0.5) is 0 Å². The van der Waals surface area contributed by atoms with Crippen LogP contribution < -0.4 is 4.74 Å². The molecule has 0 unspecified atom stereocenters. The third-order valence-electron chi connectivity index (χ3n) is 5.44. The molecule has 0 aliphatic rings. The number of thiazole rings is 1.